The molecule has 0 atom stereocenters. The van der Waals surface area contributed by atoms with Gasteiger partial charge in [0.2, 0.25) is 0 Å². The second-order valence-electron chi connectivity index (χ2n) is 8.90. The van der Waals surface area contributed by atoms with Crippen molar-refractivity contribution in [1.29, 1.82) is 0 Å². The van der Waals surface area contributed by atoms with E-state index in [9.17, 15) is 13.2 Å². The summed E-state index contributed by atoms with van der Waals surface area (Å²) < 4.78 is 33.7. The van der Waals surface area contributed by atoms with Crippen molar-refractivity contribution in [3.05, 3.63) is 48.4 Å². The van der Waals surface area contributed by atoms with Gasteiger partial charge in [-0.1, -0.05) is 12.1 Å². The normalized spacial score (nSPS) is 15.1. The predicted molar refractivity (Wildman–Crippen MR) is 124 cm³/mol. The Labute approximate surface area is 189 Å². The van der Waals surface area contributed by atoms with E-state index >= 15 is 0 Å². The maximum atomic E-state index is 11.6. The zero-order valence-electron chi connectivity index (χ0n) is 18.9. The van der Waals surface area contributed by atoms with Gasteiger partial charge >= 0.3 is 0 Å². The predicted octanol–water partition coefficient (Wildman–Crippen LogP) is 4.32. The number of piperidine rings is 1. The fourth-order valence-corrected chi connectivity index (χ4v) is 4.08. The van der Waals surface area contributed by atoms with E-state index in [1.807, 2.05) is 26.8 Å². The van der Waals surface area contributed by atoms with Gasteiger partial charge in [0.25, 0.3) is 6.47 Å². The molecule has 1 aromatic carbocycles. The molecule has 7 nitrogen and oxygen atoms in total. The molecular weight excluding hydrogens is 428 g/mol. The van der Waals surface area contributed by atoms with E-state index in [4.69, 9.17) is 4.42 Å². The summed E-state index contributed by atoms with van der Waals surface area (Å²) in [4.78, 5) is 14.4. The second-order valence-corrected chi connectivity index (χ2v) is 10.9. The van der Waals surface area contributed by atoms with E-state index in [0.29, 0.717) is 17.3 Å². The molecule has 172 valence electrons. The summed E-state index contributed by atoms with van der Waals surface area (Å²) in [5, 5.41) is 4.40. The summed E-state index contributed by atoms with van der Waals surface area (Å²) in [5.74, 6) is 1.49. The number of furan rings is 1. The van der Waals surface area contributed by atoms with E-state index in [2.05, 4.69) is 21.1 Å². The topological polar surface area (TPSA) is 98.5 Å². The van der Waals surface area contributed by atoms with E-state index in [-0.39, 0.29) is 5.60 Å². The Morgan fingerprint density at radius 3 is 2.31 bits per heavy atom. The number of hydrogen-bond donors (Lipinski definition) is 1. The molecule has 32 heavy (non-hydrogen) atoms. The molecule has 1 aliphatic heterocycles. The second kappa shape index (κ2) is 9.83. The molecule has 0 bridgehead atoms. The average Bonchev–Trinajstić information content (AvgIpc) is 3.17. The lowest BCUT2D eigenvalue weighted by molar-refractivity contribution is -0.138. The molecule has 1 N–H and O–H groups in total. The Kier molecular flexibility index (Phi) is 7.36. The summed E-state index contributed by atoms with van der Waals surface area (Å²) in [6.07, 6.45) is 5.14. The van der Waals surface area contributed by atoms with Crippen LogP contribution in [-0.2, 0) is 19.4 Å². The minimum absolute atomic E-state index is 0.314. The highest BCUT2D eigenvalue weighted by Gasteiger charge is 2.19. The van der Waals surface area contributed by atoms with Crippen molar-refractivity contribution in [3.63, 3.8) is 0 Å². The van der Waals surface area contributed by atoms with Crippen molar-refractivity contribution < 1.29 is 22.4 Å². The van der Waals surface area contributed by atoms with Crippen molar-refractivity contribution >= 4 is 27.3 Å². The molecule has 0 saturated carbocycles. The number of carbonyl (C=O) groups excluding carboxylic acids is 1. The van der Waals surface area contributed by atoms with Gasteiger partial charge in [0, 0.05) is 23.1 Å². The van der Waals surface area contributed by atoms with Crippen LogP contribution in [0.2, 0.25) is 0 Å². The zero-order chi connectivity index (χ0) is 23.4. The van der Waals surface area contributed by atoms with Crippen LogP contribution in [0.4, 0.5) is 0 Å². The Bertz CT molecular complexity index is 1160. The number of benzene rings is 1. The van der Waals surface area contributed by atoms with Crippen molar-refractivity contribution in [2.45, 2.75) is 50.0 Å². The maximum Gasteiger partial charge on any atom is 0.293 e. The highest BCUT2D eigenvalue weighted by atomic mass is 32.2. The van der Waals surface area contributed by atoms with E-state index in [0.717, 1.165) is 53.9 Å². The van der Waals surface area contributed by atoms with Gasteiger partial charge in [-0.25, -0.2) is 8.42 Å². The van der Waals surface area contributed by atoms with Crippen LogP contribution >= 0.6 is 0 Å². The highest BCUT2D eigenvalue weighted by Crippen LogP contribution is 2.32. The summed E-state index contributed by atoms with van der Waals surface area (Å²) in [5.41, 5.74) is 2.18. The van der Waals surface area contributed by atoms with E-state index in [1.165, 1.54) is 6.26 Å². The first-order valence-electron chi connectivity index (χ1n) is 10.6. The molecule has 1 fully saturated rings. The molecule has 0 radical (unpaired) electrons. The smallest absolute Gasteiger partial charge is 0.293 e. The number of ether oxygens (including phenoxy) is 1. The fraction of sp³-hybridized carbons (Fsp3) is 0.417. The molecule has 0 spiro atoms. The Morgan fingerprint density at radius 1 is 1.12 bits per heavy atom. The number of nitrogens with one attached hydrogen (secondary N) is 1. The Hall–Kier alpha value is -2.71. The minimum atomic E-state index is -3.19. The number of hydrogen-bond acceptors (Lipinski definition) is 7. The molecular formula is C24H30N2O5S. The summed E-state index contributed by atoms with van der Waals surface area (Å²) in [6.45, 7) is 7.97. The van der Waals surface area contributed by atoms with Crippen LogP contribution in [0.1, 0.15) is 45.3 Å². The van der Waals surface area contributed by atoms with Crippen molar-refractivity contribution in [1.82, 2.24) is 10.3 Å². The van der Waals surface area contributed by atoms with Crippen molar-refractivity contribution in [2.24, 2.45) is 0 Å². The SMILES string of the molecule is CC(C)(C)OC=O.CS(=O)(=O)c1ccc(-c2cc3cc(C4CCNCC4)oc3cn2)cc1. The molecule has 8 heteroatoms. The first kappa shape index (κ1) is 23.9. The van der Waals surface area contributed by atoms with Crippen LogP contribution < -0.4 is 5.32 Å². The number of sulfone groups is 1. The number of aromatic nitrogens is 1. The van der Waals surface area contributed by atoms with Gasteiger partial charge in [0.05, 0.1) is 16.8 Å². The molecule has 1 aliphatic rings. The first-order chi connectivity index (χ1) is 15.1. The summed E-state index contributed by atoms with van der Waals surface area (Å²) in [7, 11) is -3.19. The molecule has 2 aromatic heterocycles. The third-order valence-corrected chi connectivity index (χ3v) is 6.27. The molecule has 0 unspecified atom stereocenters. The van der Waals surface area contributed by atoms with E-state index < -0.39 is 9.84 Å². The summed E-state index contributed by atoms with van der Waals surface area (Å²) >= 11 is 0. The van der Waals surface area contributed by atoms with Crippen LogP contribution in [0.3, 0.4) is 0 Å². The van der Waals surface area contributed by atoms with Crippen molar-refractivity contribution in [2.75, 3.05) is 19.3 Å². The van der Waals surface area contributed by atoms with Gasteiger partial charge in [-0.3, -0.25) is 9.78 Å². The van der Waals surface area contributed by atoms with Crippen LogP contribution in [0.25, 0.3) is 22.2 Å². The standard InChI is InChI=1S/C19H20N2O3S.C5H10O2/c1-25(22,23)16-4-2-13(3-5-16)17-10-15-11-18(24-19(15)12-21-17)14-6-8-20-9-7-14;1-5(2,3)7-4-6/h2-5,10-12,14,20H,6-9H2,1H3;4H,1-3H3. The Balaban J connectivity index is 0.000000360. The monoisotopic (exact) mass is 458 g/mol. The number of rotatable bonds is 4. The minimum Gasteiger partial charge on any atom is -0.462 e. The van der Waals surface area contributed by atoms with Gasteiger partial charge in [-0.15, -0.1) is 0 Å². The van der Waals surface area contributed by atoms with Gasteiger partial charge in [-0.2, -0.15) is 0 Å². The average molecular weight is 459 g/mol. The van der Waals surface area contributed by atoms with Gasteiger partial charge in [0.15, 0.2) is 15.4 Å². The molecule has 3 heterocycles. The fourth-order valence-electron chi connectivity index (χ4n) is 3.45. The Morgan fingerprint density at radius 2 is 1.78 bits per heavy atom. The van der Waals surface area contributed by atoms with Crippen LogP contribution in [0, 0.1) is 0 Å². The van der Waals surface area contributed by atoms with Gasteiger partial charge in [-0.05, 0) is 71.0 Å². The third kappa shape index (κ3) is 6.40. The third-order valence-electron chi connectivity index (χ3n) is 5.14. The maximum absolute atomic E-state index is 11.6. The molecule has 1 saturated heterocycles. The van der Waals surface area contributed by atoms with Crippen LogP contribution in [0.15, 0.2) is 51.9 Å². The summed E-state index contributed by atoms with van der Waals surface area (Å²) in [6, 6.07) is 10.9. The molecule has 0 aliphatic carbocycles. The van der Waals surface area contributed by atoms with E-state index in [1.54, 1.807) is 30.5 Å². The molecule has 3 aromatic rings. The first-order valence-corrected chi connectivity index (χ1v) is 12.5. The molecule has 4 rings (SSSR count). The van der Waals surface area contributed by atoms with Crippen LogP contribution in [0.5, 0.6) is 0 Å². The largest absolute Gasteiger partial charge is 0.462 e. The molecule has 0 amide bonds. The number of carbonyl (C=O) groups is 1. The number of nitrogens with zero attached hydrogens (tertiary/aromatic N) is 1. The van der Waals surface area contributed by atoms with Gasteiger partial charge < -0.3 is 14.5 Å². The zero-order valence-corrected chi connectivity index (χ0v) is 19.7. The lowest BCUT2D eigenvalue weighted by atomic mass is 9.95. The lowest BCUT2D eigenvalue weighted by Crippen LogP contribution is -2.26. The number of fused-ring (bicyclic) bond motifs is 1. The van der Waals surface area contributed by atoms with Crippen molar-refractivity contribution in [3.8, 4) is 11.3 Å². The van der Waals surface area contributed by atoms with Crippen LogP contribution in [-0.4, -0.2) is 44.8 Å². The quantitative estimate of drug-likeness (QED) is 0.581. The van der Waals surface area contributed by atoms with Gasteiger partial charge in [0.1, 0.15) is 11.4 Å². The highest BCUT2D eigenvalue weighted by molar-refractivity contribution is 7.90. The lowest BCUT2D eigenvalue weighted by Gasteiger charge is -2.20. The number of pyridine rings is 1.